The summed E-state index contributed by atoms with van der Waals surface area (Å²) < 4.78 is 11.2. The van der Waals surface area contributed by atoms with Gasteiger partial charge in [0.25, 0.3) is 0 Å². The van der Waals surface area contributed by atoms with Crippen LogP contribution in [0.4, 0.5) is 0 Å². The van der Waals surface area contributed by atoms with Crippen molar-refractivity contribution in [1.82, 2.24) is 0 Å². The molecule has 3 aromatic carbocycles. The average molecular weight is 344 g/mol. The van der Waals surface area contributed by atoms with Crippen LogP contribution in [0, 0.1) is 0 Å². The molecule has 0 bridgehead atoms. The van der Waals surface area contributed by atoms with Gasteiger partial charge < -0.3 is 14.3 Å². The molecule has 4 heteroatoms. The van der Waals surface area contributed by atoms with Crippen molar-refractivity contribution in [2.24, 2.45) is 0 Å². The second-order valence-electron chi connectivity index (χ2n) is 5.93. The molecule has 0 aliphatic rings. The third kappa shape index (κ3) is 2.62. The molecule has 4 rings (SSSR count). The summed E-state index contributed by atoms with van der Waals surface area (Å²) in [4.78, 5) is 11.7. The molecule has 1 heterocycles. The van der Waals surface area contributed by atoms with Crippen LogP contribution in [-0.2, 0) is 0 Å². The predicted molar refractivity (Wildman–Crippen MR) is 103 cm³/mol. The topological polar surface area (TPSA) is 59.7 Å². The van der Waals surface area contributed by atoms with E-state index in [1.54, 1.807) is 19.3 Å². The number of aromatic hydroxyl groups is 1. The summed E-state index contributed by atoms with van der Waals surface area (Å²) in [6, 6.07) is 16.6. The lowest BCUT2D eigenvalue weighted by atomic mass is 10.0. The molecule has 0 aliphatic carbocycles. The van der Waals surface area contributed by atoms with Crippen LogP contribution in [0.25, 0.3) is 33.9 Å². The van der Waals surface area contributed by atoms with Crippen molar-refractivity contribution in [2.45, 2.75) is 0 Å². The van der Waals surface area contributed by atoms with Gasteiger partial charge in [0.05, 0.1) is 12.7 Å². The second-order valence-corrected chi connectivity index (χ2v) is 5.93. The van der Waals surface area contributed by atoms with Gasteiger partial charge in [-0.05, 0) is 29.8 Å². The van der Waals surface area contributed by atoms with E-state index in [-0.39, 0.29) is 5.75 Å². The van der Waals surface area contributed by atoms with Crippen molar-refractivity contribution in [3.8, 4) is 11.5 Å². The van der Waals surface area contributed by atoms with Gasteiger partial charge in [0, 0.05) is 16.2 Å². The van der Waals surface area contributed by atoms with Crippen molar-refractivity contribution in [1.29, 1.82) is 0 Å². The maximum atomic E-state index is 11.7. The van der Waals surface area contributed by atoms with Crippen molar-refractivity contribution >= 4 is 40.2 Å². The van der Waals surface area contributed by atoms with Gasteiger partial charge in [0.15, 0.2) is 6.29 Å². The Balaban J connectivity index is 1.88. The minimum atomic E-state index is 0.125. The Bertz CT molecular complexity index is 1150. The number of furan rings is 1. The normalized spacial score (nSPS) is 11.4. The van der Waals surface area contributed by atoms with Gasteiger partial charge in [0.1, 0.15) is 22.8 Å². The minimum absolute atomic E-state index is 0.125. The fraction of sp³-hybridized carbons (Fsp3) is 0.0455. The molecule has 128 valence electrons. The molecule has 0 unspecified atom stereocenters. The quantitative estimate of drug-likeness (QED) is 0.512. The third-order valence-corrected chi connectivity index (χ3v) is 4.38. The number of hydrogen-bond acceptors (Lipinski definition) is 4. The van der Waals surface area contributed by atoms with Gasteiger partial charge in [-0.1, -0.05) is 42.5 Å². The molecule has 0 fully saturated rings. The Morgan fingerprint density at radius 1 is 0.962 bits per heavy atom. The first-order valence-electron chi connectivity index (χ1n) is 8.16. The second kappa shape index (κ2) is 6.41. The molecule has 0 radical (unpaired) electrons. The Labute approximate surface area is 149 Å². The number of carbonyl (C=O) groups excluding carboxylic acids is 1. The number of methoxy groups -OCH3 is 1. The molecule has 1 N–H and O–H groups in total. The van der Waals surface area contributed by atoms with Gasteiger partial charge in [-0.2, -0.15) is 0 Å². The molecular weight excluding hydrogens is 328 g/mol. The number of benzene rings is 3. The number of aldehydes is 1. The highest BCUT2D eigenvalue weighted by Crippen LogP contribution is 2.37. The van der Waals surface area contributed by atoms with E-state index in [9.17, 15) is 9.90 Å². The Morgan fingerprint density at radius 2 is 1.77 bits per heavy atom. The van der Waals surface area contributed by atoms with E-state index in [1.165, 1.54) is 0 Å². The fourth-order valence-corrected chi connectivity index (χ4v) is 3.10. The zero-order valence-corrected chi connectivity index (χ0v) is 14.1. The molecule has 0 aliphatic heterocycles. The van der Waals surface area contributed by atoms with Gasteiger partial charge in [-0.15, -0.1) is 0 Å². The standard InChI is InChI=1S/C22H16O4/c1-25-15-6-4-5-14(11-15)9-10-21-19(13-23)18-12-20(24)16-7-2-3-8-17(16)22(18)26-21/h2-13,24H,1H3. The van der Waals surface area contributed by atoms with Crippen LogP contribution in [0.3, 0.4) is 0 Å². The summed E-state index contributed by atoms with van der Waals surface area (Å²) in [5.41, 5.74) is 1.93. The summed E-state index contributed by atoms with van der Waals surface area (Å²) >= 11 is 0. The molecule has 26 heavy (non-hydrogen) atoms. The molecule has 0 atom stereocenters. The monoisotopic (exact) mass is 344 g/mol. The van der Waals surface area contributed by atoms with E-state index in [2.05, 4.69) is 0 Å². The molecule has 1 aromatic heterocycles. The summed E-state index contributed by atoms with van der Waals surface area (Å²) in [6.45, 7) is 0. The van der Waals surface area contributed by atoms with E-state index in [4.69, 9.17) is 9.15 Å². The van der Waals surface area contributed by atoms with E-state index in [0.717, 1.165) is 23.0 Å². The fourth-order valence-electron chi connectivity index (χ4n) is 3.10. The number of hydrogen-bond donors (Lipinski definition) is 1. The van der Waals surface area contributed by atoms with Crippen molar-refractivity contribution < 1.29 is 19.1 Å². The highest BCUT2D eigenvalue weighted by molar-refractivity contribution is 6.13. The van der Waals surface area contributed by atoms with Crippen LogP contribution in [0.1, 0.15) is 21.7 Å². The third-order valence-electron chi connectivity index (χ3n) is 4.38. The highest BCUT2D eigenvalue weighted by atomic mass is 16.5. The maximum absolute atomic E-state index is 11.7. The van der Waals surface area contributed by atoms with Crippen LogP contribution >= 0.6 is 0 Å². The Hall–Kier alpha value is -3.53. The summed E-state index contributed by atoms with van der Waals surface area (Å²) in [5, 5.41) is 12.3. The summed E-state index contributed by atoms with van der Waals surface area (Å²) in [7, 11) is 1.62. The SMILES string of the molecule is COc1cccc(C=Cc2oc3c(cc(O)c4ccccc43)c2C=O)c1. The van der Waals surface area contributed by atoms with Gasteiger partial charge >= 0.3 is 0 Å². The predicted octanol–water partition coefficient (Wildman–Crippen LogP) is 5.28. The summed E-state index contributed by atoms with van der Waals surface area (Å²) in [5.74, 6) is 1.33. The van der Waals surface area contributed by atoms with E-state index in [1.807, 2.05) is 54.6 Å². The van der Waals surface area contributed by atoms with Gasteiger partial charge in [-0.25, -0.2) is 0 Å². The highest BCUT2D eigenvalue weighted by Gasteiger charge is 2.16. The average Bonchev–Trinajstić information content (AvgIpc) is 3.04. The van der Waals surface area contributed by atoms with Crippen LogP contribution < -0.4 is 4.74 Å². The van der Waals surface area contributed by atoms with Crippen molar-refractivity contribution in [3.05, 3.63) is 71.5 Å². The van der Waals surface area contributed by atoms with Crippen molar-refractivity contribution in [2.75, 3.05) is 7.11 Å². The lowest BCUT2D eigenvalue weighted by Crippen LogP contribution is -1.83. The molecule has 0 saturated carbocycles. The molecule has 4 aromatic rings. The first-order valence-corrected chi connectivity index (χ1v) is 8.16. The van der Waals surface area contributed by atoms with Gasteiger partial charge in [0.2, 0.25) is 0 Å². The lowest BCUT2D eigenvalue weighted by molar-refractivity contribution is 0.112. The summed E-state index contributed by atoms with van der Waals surface area (Å²) in [6.07, 6.45) is 4.37. The maximum Gasteiger partial charge on any atom is 0.154 e. The smallest absolute Gasteiger partial charge is 0.154 e. The van der Waals surface area contributed by atoms with Crippen LogP contribution in [-0.4, -0.2) is 18.5 Å². The van der Waals surface area contributed by atoms with Crippen LogP contribution in [0.5, 0.6) is 11.5 Å². The molecule has 0 spiro atoms. The van der Waals surface area contributed by atoms with Crippen molar-refractivity contribution in [3.63, 3.8) is 0 Å². The molecular formula is C22H16O4. The molecule has 0 amide bonds. The number of carbonyl (C=O) groups is 1. The van der Waals surface area contributed by atoms with Crippen LogP contribution in [0.2, 0.25) is 0 Å². The molecule has 0 saturated heterocycles. The first kappa shape index (κ1) is 16.0. The Morgan fingerprint density at radius 3 is 2.54 bits per heavy atom. The van der Waals surface area contributed by atoms with E-state index in [0.29, 0.717) is 27.7 Å². The Kier molecular flexibility index (Phi) is 3.93. The minimum Gasteiger partial charge on any atom is -0.507 e. The van der Waals surface area contributed by atoms with E-state index < -0.39 is 0 Å². The lowest BCUT2D eigenvalue weighted by Gasteiger charge is -2.01. The van der Waals surface area contributed by atoms with E-state index >= 15 is 0 Å². The molecule has 4 nitrogen and oxygen atoms in total. The number of ether oxygens (including phenoxy) is 1. The zero-order chi connectivity index (χ0) is 18.1. The zero-order valence-electron chi connectivity index (χ0n) is 14.1. The number of rotatable bonds is 4. The number of phenols is 1. The van der Waals surface area contributed by atoms with Gasteiger partial charge in [-0.3, -0.25) is 4.79 Å². The number of phenolic OH excluding ortho intramolecular Hbond substituents is 1. The van der Waals surface area contributed by atoms with Crippen LogP contribution in [0.15, 0.2) is 59.0 Å². The largest absolute Gasteiger partial charge is 0.507 e. The first-order chi connectivity index (χ1) is 12.7. The number of fused-ring (bicyclic) bond motifs is 3.